The van der Waals surface area contributed by atoms with Crippen molar-refractivity contribution >= 4 is 0 Å². The molecule has 0 radical (unpaired) electrons. The van der Waals surface area contributed by atoms with Gasteiger partial charge < -0.3 is 9.84 Å². The number of nitrogens with zero attached hydrogens (tertiary/aromatic N) is 3. The van der Waals surface area contributed by atoms with Gasteiger partial charge in [0.1, 0.15) is 12.4 Å². The molecule has 2 aliphatic carbocycles. The van der Waals surface area contributed by atoms with E-state index < -0.39 is 6.10 Å². The highest BCUT2D eigenvalue weighted by molar-refractivity contribution is 4.98. The molecule has 2 saturated carbocycles. The Hall–Kier alpha value is -0.940. The van der Waals surface area contributed by atoms with Crippen LogP contribution in [-0.2, 0) is 11.3 Å². The molecule has 5 heteroatoms. The minimum Gasteiger partial charge on any atom is -0.385 e. The van der Waals surface area contributed by atoms with Gasteiger partial charge in [-0.3, -0.25) is 0 Å². The summed E-state index contributed by atoms with van der Waals surface area (Å²) in [5.74, 6) is 1.69. The fourth-order valence-electron chi connectivity index (χ4n) is 4.43. The third kappa shape index (κ3) is 2.61. The quantitative estimate of drug-likeness (QED) is 0.925. The average molecular weight is 291 g/mol. The lowest BCUT2D eigenvalue weighted by molar-refractivity contribution is -0.0312. The zero-order valence-corrected chi connectivity index (χ0v) is 12.6. The van der Waals surface area contributed by atoms with Gasteiger partial charge in [-0.25, -0.2) is 9.67 Å². The van der Waals surface area contributed by atoms with E-state index in [0.29, 0.717) is 11.7 Å². The van der Waals surface area contributed by atoms with Crippen LogP contribution in [0, 0.1) is 11.8 Å². The first-order valence-corrected chi connectivity index (χ1v) is 8.45. The second-order valence-corrected chi connectivity index (χ2v) is 7.25. The number of fused-ring (bicyclic) bond motifs is 2. The van der Waals surface area contributed by atoms with Crippen LogP contribution < -0.4 is 0 Å². The van der Waals surface area contributed by atoms with Crippen molar-refractivity contribution in [2.45, 2.75) is 69.6 Å². The second-order valence-electron chi connectivity index (χ2n) is 7.25. The minimum atomic E-state index is -0.495. The summed E-state index contributed by atoms with van der Waals surface area (Å²) in [6.07, 6.45) is 10.8. The van der Waals surface area contributed by atoms with E-state index in [-0.39, 0.29) is 5.60 Å². The molecular formula is C16H25N3O2. The molecule has 5 nitrogen and oxygen atoms in total. The Kier molecular flexibility index (Phi) is 3.50. The third-order valence-electron chi connectivity index (χ3n) is 5.66. The minimum absolute atomic E-state index is 0.00850. The molecule has 116 valence electrons. The van der Waals surface area contributed by atoms with Gasteiger partial charge in [0.15, 0.2) is 5.82 Å². The highest BCUT2D eigenvalue weighted by atomic mass is 16.5. The Balaban J connectivity index is 1.43. The Morgan fingerprint density at radius 3 is 2.86 bits per heavy atom. The molecule has 1 aromatic rings. The smallest absolute Gasteiger partial charge is 0.179 e. The molecule has 0 aromatic carbocycles. The van der Waals surface area contributed by atoms with Gasteiger partial charge >= 0.3 is 0 Å². The van der Waals surface area contributed by atoms with Crippen LogP contribution in [0.3, 0.4) is 0 Å². The van der Waals surface area contributed by atoms with Crippen molar-refractivity contribution in [3.8, 4) is 0 Å². The van der Waals surface area contributed by atoms with Crippen LogP contribution in [0.25, 0.3) is 0 Å². The van der Waals surface area contributed by atoms with Crippen LogP contribution in [0.2, 0.25) is 0 Å². The van der Waals surface area contributed by atoms with Gasteiger partial charge in [-0.2, -0.15) is 5.10 Å². The number of rotatable bonds is 4. The van der Waals surface area contributed by atoms with Crippen molar-refractivity contribution in [2.75, 3.05) is 6.61 Å². The van der Waals surface area contributed by atoms with Crippen molar-refractivity contribution in [3.63, 3.8) is 0 Å². The summed E-state index contributed by atoms with van der Waals surface area (Å²) in [5, 5.41) is 15.0. The van der Waals surface area contributed by atoms with E-state index in [1.54, 1.807) is 6.33 Å². The van der Waals surface area contributed by atoms with Gasteiger partial charge in [-0.15, -0.1) is 0 Å². The molecule has 0 spiro atoms. The van der Waals surface area contributed by atoms with Crippen LogP contribution in [0.1, 0.15) is 63.3 Å². The first-order chi connectivity index (χ1) is 10.2. The molecule has 4 rings (SSSR count). The predicted octanol–water partition coefficient (Wildman–Crippen LogP) is 2.46. The topological polar surface area (TPSA) is 60.2 Å². The van der Waals surface area contributed by atoms with E-state index in [1.165, 1.54) is 25.7 Å². The normalized spacial score (nSPS) is 34.4. The Labute approximate surface area is 125 Å². The van der Waals surface area contributed by atoms with Gasteiger partial charge in [0, 0.05) is 0 Å². The van der Waals surface area contributed by atoms with E-state index >= 15 is 0 Å². The molecular weight excluding hydrogens is 266 g/mol. The Morgan fingerprint density at radius 2 is 2.19 bits per heavy atom. The largest absolute Gasteiger partial charge is 0.385 e. The van der Waals surface area contributed by atoms with Gasteiger partial charge in [0.2, 0.25) is 0 Å². The maximum absolute atomic E-state index is 10.5. The van der Waals surface area contributed by atoms with E-state index in [9.17, 15) is 5.11 Å². The van der Waals surface area contributed by atoms with E-state index in [1.807, 2.05) is 4.68 Å². The number of hydrogen-bond donors (Lipinski definition) is 1. The number of ether oxygens (including phenoxy) is 1. The van der Waals surface area contributed by atoms with Gasteiger partial charge in [0.05, 0.1) is 18.8 Å². The predicted molar refractivity (Wildman–Crippen MR) is 77.6 cm³/mol. The number of aliphatic hydroxyl groups is 1. The summed E-state index contributed by atoms with van der Waals surface area (Å²) >= 11 is 0. The summed E-state index contributed by atoms with van der Waals surface area (Å²) in [6.45, 7) is 1.69. The van der Waals surface area contributed by atoms with Crippen LogP contribution in [0.4, 0.5) is 0 Å². The first-order valence-electron chi connectivity index (χ1n) is 8.45. The van der Waals surface area contributed by atoms with Crippen LogP contribution >= 0.6 is 0 Å². The fraction of sp³-hybridized carbons (Fsp3) is 0.875. The molecule has 1 aromatic heterocycles. The van der Waals surface area contributed by atoms with Crippen LogP contribution in [0.15, 0.2) is 6.33 Å². The lowest BCUT2D eigenvalue weighted by Crippen LogP contribution is -2.32. The molecule has 2 bridgehead atoms. The molecule has 1 N–H and O–H groups in total. The Bertz CT molecular complexity index is 487. The molecule has 3 aliphatic rings. The molecule has 21 heavy (non-hydrogen) atoms. The van der Waals surface area contributed by atoms with E-state index in [2.05, 4.69) is 10.1 Å². The number of aliphatic hydroxyl groups excluding tert-OH is 1. The molecule has 3 unspecified atom stereocenters. The van der Waals surface area contributed by atoms with E-state index in [0.717, 1.165) is 44.8 Å². The highest BCUT2D eigenvalue weighted by Crippen LogP contribution is 2.45. The molecule has 3 atom stereocenters. The fourth-order valence-corrected chi connectivity index (χ4v) is 4.43. The van der Waals surface area contributed by atoms with Crippen molar-refractivity contribution < 1.29 is 9.84 Å². The van der Waals surface area contributed by atoms with E-state index in [4.69, 9.17) is 4.74 Å². The summed E-state index contributed by atoms with van der Waals surface area (Å²) in [6, 6.07) is 0. The number of hydrogen-bond acceptors (Lipinski definition) is 4. The zero-order chi connectivity index (χ0) is 14.3. The SMILES string of the molecule is OC(c1ncn(CC23CCC(CO2)C3)n1)C1CCCCC1. The van der Waals surface area contributed by atoms with Crippen LogP contribution in [-0.4, -0.2) is 32.1 Å². The lowest BCUT2D eigenvalue weighted by atomic mass is 9.85. The highest BCUT2D eigenvalue weighted by Gasteiger charge is 2.46. The second kappa shape index (κ2) is 5.36. The van der Waals surface area contributed by atoms with Gasteiger partial charge in [-0.05, 0) is 43.9 Å². The maximum atomic E-state index is 10.5. The standard InChI is InChI=1S/C16H25N3O2/c20-14(13-4-2-1-3-5-13)15-17-11-19(18-15)10-16-7-6-12(8-16)9-21-16/h11-14,20H,1-10H2. The third-order valence-corrected chi connectivity index (χ3v) is 5.66. The van der Waals surface area contributed by atoms with Crippen LogP contribution in [0.5, 0.6) is 0 Å². The van der Waals surface area contributed by atoms with Gasteiger partial charge in [0.25, 0.3) is 0 Å². The van der Waals surface area contributed by atoms with Crippen molar-refractivity contribution in [1.29, 1.82) is 0 Å². The number of aromatic nitrogens is 3. The average Bonchev–Trinajstić information content (AvgIpc) is 3.23. The van der Waals surface area contributed by atoms with Crippen molar-refractivity contribution in [3.05, 3.63) is 12.2 Å². The molecule has 2 heterocycles. The molecule has 0 amide bonds. The van der Waals surface area contributed by atoms with Gasteiger partial charge in [-0.1, -0.05) is 19.3 Å². The Morgan fingerprint density at radius 1 is 1.33 bits per heavy atom. The molecule has 3 fully saturated rings. The summed E-state index contributed by atoms with van der Waals surface area (Å²) in [7, 11) is 0. The first kappa shape index (κ1) is 13.7. The van der Waals surface area contributed by atoms with Crippen molar-refractivity contribution in [1.82, 2.24) is 14.8 Å². The summed E-state index contributed by atoms with van der Waals surface area (Å²) in [5.41, 5.74) is -0.00850. The summed E-state index contributed by atoms with van der Waals surface area (Å²) < 4.78 is 7.86. The molecule has 1 saturated heterocycles. The lowest BCUT2D eigenvalue weighted by Gasteiger charge is -2.26. The monoisotopic (exact) mass is 291 g/mol. The summed E-state index contributed by atoms with van der Waals surface area (Å²) in [4.78, 5) is 4.36. The molecule has 1 aliphatic heterocycles. The van der Waals surface area contributed by atoms with Crippen molar-refractivity contribution in [2.24, 2.45) is 11.8 Å². The maximum Gasteiger partial charge on any atom is 0.179 e. The zero-order valence-electron chi connectivity index (χ0n) is 12.6.